The zero-order valence-electron chi connectivity index (χ0n) is 21.9. The van der Waals surface area contributed by atoms with Crippen LogP contribution in [0.25, 0.3) is 11.3 Å². The maximum absolute atomic E-state index is 15.3. The molecule has 6 rings (SSSR count). The fraction of sp³-hybridized carbons (Fsp3) is 0.500. The molecule has 2 N–H and O–H groups in total. The van der Waals surface area contributed by atoms with Gasteiger partial charge in [-0.2, -0.15) is 4.98 Å². The van der Waals surface area contributed by atoms with Crippen LogP contribution in [0.15, 0.2) is 18.2 Å². The van der Waals surface area contributed by atoms with Crippen molar-refractivity contribution in [1.82, 2.24) is 30.0 Å². The molecule has 0 aliphatic carbocycles. The van der Waals surface area contributed by atoms with E-state index in [1.54, 1.807) is 24.0 Å². The summed E-state index contributed by atoms with van der Waals surface area (Å²) in [5.74, 6) is 0.848. The summed E-state index contributed by atoms with van der Waals surface area (Å²) in [6.45, 7) is 9.73. The number of nitrogens with one attached hydrogen (secondary N) is 2. The average Bonchev–Trinajstić information content (AvgIpc) is 3.42. The number of hydrogen-bond donors (Lipinski definition) is 2. The van der Waals surface area contributed by atoms with Gasteiger partial charge in [0.1, 0.15) is 22.8 Å². The Labute approximate surface area is 219 Å². The van der Waals surface area contributed by atoms with Crippen LogP contribution in [0.1, 0.15) is 49.8 Å². The predicted octanol–water partition coefficient (Wildman–Crippen LogP) is 3.45. The quantitative estimate of drug-likeness (QED) is 0.519. The van der Waals surface area contributed by atoms with Crippen LogP contribution >= 0.6 is 0 Å². The fourth-order valence-electron chi connectivity index (χ4n) is 5.36. The van der Waals surface area contributed by atoms with E-state index in [2.05, 4.69) is 25.4 Å². The van der Waals surface area contributed by atoms with Crippen LogP contribution in [0.4, 0.5) is 22.0 Å². The highest BCUT2D eigenvalue weighted by Gasteiger charge is 2.39. The van der Waals surface area contributed by atoms with Gasteiger partial charge in [0, 0.05) is 25.2 Å². The molecule has 200 valence electrons. The highest BCUT2D eigenvalue weighted by molar-refractivity contribution is 6.02. The Morgan fingerprint density at radius 2 is 1.95 bits per heavy atom. The van der Waals surface area contributed by atoms with Crippen LogP contribution in [-0.2, 0) is 4.74 Å². The summed E-state index contributed by atoms with van der Waals surface area (Å²) >= 11 is 0. The lowest BCUT2D eigenvalue weighted by atomic mass is 10.0. The van der Waals surface area contributed by atoms with Gasteiger partial charge in [-0.15, -0.1) is 10.2 Å². The van der Waals surface area contributed by atoms with E-state index in [1.165, 1.54) is 6.07 Å². The Morgan fingerprint density at radius 3 is 2.61 bits per heavy atom. The number of hydrogen-bond acceptors (Lipinski definition) is 9. The van der Waals surface area contributed by atoms with E-state index in [9.17, 15) is 4.79 Å². The molecule has 2 unspecified atom stereocenters. The van der Waals surface area contributed by atoms with Crippen LogP contribution < -0.4 is 15.0 Å². The first-order valence-electron chi connectivity index (χ1n) is 13.0. The van der Waals surface area contributed by atoms with E-state index in [4.69, 9.17) is 19.4 Å². The number of carbonyl (C=O) groups is 1. The summed E-state index contributed by atoms with van der Waals surface area (Å²) in [7, 11) is 0. The lowest BCUT2D eigenvalue weighted by Gasteiger charge is -2.33. The first kappa shape index (κ1) is 24.5. The SMILES string of the molecule is CCN1CC(C)(C)Oc2nc(N3CC4CCC(C3)O4)nc(-c3ccc(Nc4nnc(C)[nH]4)c(F)c3)c2C1=O. The first-order valence-corrected chi connectivity index (χ1v) is 13.0. The third-order valence-electron chi connectivity index (χ3n) is 7.11. The Bertz CT molecular complexity index is 1380. The minimum atomic E-state index is -0.669. The Morgan fingerprint density at radius 1 is 1.18 bits per heavy atom. The third-order valence-corrected chi connectivity index (χ3v) is 7.11. The van der Waals surface area contributed by atoms with Crippen molar-refractivity contribution in [3.8, 4) is 17.1 Å². The number of amides is 1. The van der Waals surface area contributed by atoms with E-state index < -0.39 is 11.4 Å². The zero-order valence-corrected chi connectivity index (χ0v) is 21.9. The predicted molar refractivity (Wildman–Crippen MR) is 138 cm³/mol. The summed E-state index contributed by atoms with van der Waals surface area (Å²) in [5, 5.41) is 10.7. The monoisotopic (exact) mass is 522 g/mol. The number of aromatic nitrogens is 5. The number of anilines is 3. The summed E-state index contributed by atoms with van der Waals surface area (Å²) in [4.78, 5) is 30.1. The summed E-state index contributed by atoms with van der Waals surface area (Å²) in [5.41, 5.74) is 0.576. The third kappa shape index (κ3) is 4.53. The number of benzene rings is 1. The van der Waals surface area contributed by atoms with Crippen molar-refractivity contribution in [1.29, 1.82) is 0 Å². The van der Waals surface area contributed by atoms with Gasteiger partial charge in [-0.1, -0.05) is 6.07 Å². The topological polar surface area (TPSA) is 121 Å². The minimum Gasteiger partial charge on any atom is -0.469 e. The number of aromatic amines is 1. The molecule has 2 bridgehead atoms. The number of rotatable bonds is 5. The number of halogens is 1. The highest BCUT2D eigenvalue weighted by atomic mass is 19.1. The zero-order chi connectivity index (χ0) is 26.6. The molecule has 0 saturated carbocycles. The van der Waals surface area contributed by atoms with Crippen molar-refractivity contribution in [3.05, 3.63) is 35.4 Å². The molecule has 12 heteroatoms. The first-order chi connectivity index (χ1) is 18.2. The van der Waals surface area contributed by atoms with Gasteiger partial charge in [0.25, 0.3) is 5.91 Å². The lowest BCUT2D eigenvalue weighted by Crippen LogP contribution is -2.43. The number of aryl methyl sites for hydroxylation is 1. The van der Waals surface area contributed by atoms with Crippen LogP contribution in [0, 0.1) is 12.7 Å². The molecule has 5 heterocycles. The Hall–Kier alpha value is -3.80. The number of fused-ring (bicyclic) bond motifs is 3. The van der Waals surface area contributed by atoms with Gasteiger partial charge in [-0.25, -0.2) is 9.37 Å². The number of morpholine rings is 1. The molecule has 2 fully saturated rings. The molecule has 11 nitrogen and oxygen atoms in total. The van der Waals surface area contributed by atoms with Gasteiger partial charge in [0.05, 0.1) is 30.1 Å². The van der Waals surface area contributed by atoms with E-state index >= 15 is 4.39 Å². The molecule has 1 amide bonds. The molecule has 3 aromatic rings. The molecule has 1 aromatic carbocycles. The van der Waals surface area contributed by atoms with E-state index in [1.807, 2.05) is 20.8 Å². The van der Waals surface area contributed by atoms with E-state index in [-0.39, 0.29) is 35.2 Å². The Kier molecular flexibility index (Phi) is 5.93. The second-order valence-electron chi connectivity index (χ2n) is 10.7. The van der Waals surface area contributed by atoms with Crippen molar-refractivity contribution in [3.63, 3.8) is 0 Å². The molecule has 2 atom stereocenters. The second kappa shape index (κ2) is 9.19. The smallest absolute Gasteiger partial charge is 0.261 e. The number of carbonyl (C=O) groups excluding carboxylic acids is 1. The van der Waals surface area contributed by atoms with Crippen molar-refractivity contribution in [2.24, 2.45) is 0 Å². The molecule has 3 aliphatic rings. The number of H-pyrrole nitrogens is 1. The van der Waals surface area contributed by atoms with E-state index in [0.717, 1.165) is 12.8 Å². The maximum Gasteiger partial charge on any atom is 0.261 e. The minimum absolute atomic E-state index is 0.122. The number of nitrogens with zero attached hydrogens (tertiary/aromatic N) is 6. The normalized spacial score (nSPS) is 22.2. The van der Waals surface area contributed by atoms with Crippen LogP contribution in [-0.4, -0.2) is 79.9 Å². The van der Waals surface area contributed by atoms with Crippen molar-refractivity contribution < 1.29 is 18.7 Å². The summed E-state index contributed by atoms with van der Waals surface area (Å²) < 4.78 is 27.7. The van der Waals surface area contributed by atoms with Crippen LogP contribution in [0.5, 0.6) is 5.88 Å². The molecule has 3 aliphatic heterocycles. The Balaban J connectivity index is 1.46. The second-order valence-corrected chi connectivity index (χ2v) is 10.7. The van der Waals surface area contributed by atoms with Gasteiger partial charge >= 0.3 is 0 Å². The maximum atomic E-state index is 15.3. The molecular weight excluding hydrogens is 491 g/mol. The largest absolute Gasteiger partial charge is 0.469 e. The van der Waals surface area contributed by atoms with Crippen molar-refractivity contribution >= 4 is 23.5 Å². The number of likely N-dealkylation sites (N-methyl/N-ethyl adjacent to an activating group) is 1. The van der Waals surface area contributed by atoms with Crippen molar-refractivity contribution in [2.75, 3.05) is 36.4 Å². The molecule has 38 heavy (non-hydrogen) atoms. The van der Waals surface area contributed by atoms with Crippen LogP contribution in [0.2, 0.25) is 0 Å². The molecule has 0 spiro atoms. The van der Waals surface area contributed by atoms with Gasteiger partial charge in [0.2, 0.25) is 17.8 Å². The van der Waals surface area contributed by atoms with Gasteiger partial charge in [-0.05, 0) is 52.7 Å². The molecule has 0 radical (unpaired) electrons. The fourth-order valence-corrected chi connectivity index (χ4v) is 5.36. The molecular formula is C26H31FN8O3. The molecule has 2 saturated heterocycles. The van der Waals surface area contributed by atoms with Crippen LogP contribution in [0.3, 0.4) is 0 Å². The summed E-state index contributed by atoms with van der Waals surface area (Å²) in [6, 6.07) is 4.68. The van der Waals surface area contributed by atoms with Gasteiger partial charge < -0.3 is 29.6 Å². The van der Waals surface area contributed by atoms with Gasteiger partial charge in [-0.3, -0.25) is 4.79 Å². The highest BCUT2D eigenvalue weighted by Crippen LogP contribution is 2.38. The van der Waals surface area contributed by atoms with E-state index in [0.29, 0.717) is 55.2 Å². The number of ether oxygens (including phenoxy) is 2. The average molecular weight is 523 g/mol. The van der Waals surface area contributed by atoms with Crippen molar-refractivity contribution in [2.45, 2.75) is 58.3 Å². The molecule has 2 aromatic heterocycles. The summed E-state index contributed by atoms with van der Waals surface area (Å²) in [6.07, 6.45) is 2.24. The lowest BCUT2D eigenvalue weighted by molar-refractivity contribution is 0.0297. The standard InChI is InChI=1S/C26H31FN8O3/c1-5-34-13-26(3,4)38-22-20(23(34)36)21(30-25(31-22)35-11-16-7-8-17(12-35)37-16)15-6-9-19(18(27)10-15)29-24-28-14(2)32-33-24/h6,9-10,16-17H,5,7-8,11-13H2,1-4H3,(H2,28,29,32,33). The van der Waals surface area contributed by atoms with Gasteiger partial charge in [0.15, 0.2) is 0 Å².